The molecule has 6 heteroatoms. The zero-order valence-corrected chi connectivity index (χ0v) is 11.5. The second-order valence-corrected chi connectivity index (χ2v) is 6.00. The fraction of sp³-hybridized carbons (Fsp3) is 0.692. The minimum atomic E-state index is -2.36. The van der Waals surface area contributed by atoms with Crippen molar-refractivity contribution in [1.82, 2.24) is 5.32 Å². The molecule has 0 unspecified atom stereocenters. The van der Waals surface area contributed by atoms with Crippen molar-refractivity contribution in [2.45, 2.75) is 37.3 Å². The van der Waals surface area contributed by atoms with Crippen LogP contribution in [-0.4, -0.2) is 24.0 Å². The van der Waals surface area contributed by atoms with E-state index in [4.69, 9.17) is 9.52 Å². The van der Waals surface area contributed by atoms with Crippen LogP contribution in [0, 0.1) is 5.41 Å². The van der Waals surface area contributed by atoms with E-state index in [1.54, 1.807) is 6.07 Å². The molecule has 0 aliphatic heterocycles. The van der Waals surface area contributed by atoms with Gasteiger partial charge in [0, 0.05) is 13.2 Å². The van der Waals surface area contributed by atoms with Gasteiger partial charge in [-0.15, -0.1) is 0 Å². The highest BCUT2D eigenvalue weighted by Gasteiger charge is 2.41. The van der Waals surface area contributed by atoms with Gasteiger partial charge in [0.25, 0.3) is 5.76 Å². The predicted molar refractivity (Wildman–Crippen MR) is 71.1 cm³/mol. The number of aliphatic hydroxyl groups excluding tert-OH is 1. The van der Waals surface area contributed by atoms with Crippen molar-refractivity contribution in [1.29, 1.82) is 0 Å². The Morgan fingerprint density at radius 1 is 1.37 bits per heavy atom. The maximum Gasteiger partial charge on any atom is 0.284 e. The van der Waals surface area contributed by atoms with E-state index < -0.39 is 5.76 Å². The molecule has 0 aromatic carbocycles. The fourth-order valence-electron chi connectivity index (χ4n) is 2.12. The quantitative estimate of drug-likeness (QED) is 0.734. The van der Waals surface area contributed by atoms with Crippen LogP contribution in [0.15, 0.2) is 16.5 Å². The van der Waals surface area contributed by atoms with Crippen molar-refractivity contribution < 1.29 is 18.3 Å². The summed E-state index contributed by atoms with van der Waals surface area (Å²) in [5.74, 6) is -0.810. The van der Waals surface area contributed by atoms with E-state index in [9.17, 15) is 8.78 Å². The first-order valence-corrected chi connectivity index (χ1v) is 7.47. The zero-order valence-electron chi connectivity index (χ0n) is 10.7. The van der Waals surface area contributed by atoms with Crippen LogP contribution in [0.25, 0.3) is 0 Å². The van der Waals surface area contributed by atoms with Crippen LogP contribution in [-0.2, 0) is 12.3 Å². The van der Waals surface area contributed by atoms with Gasteiger partial charge in [-0.25, -0.2) is 0 Å². The van der Waals surface area contributed by atoms with E-state index in [-0.39, 0.29) is 17.8 Å². The summed E-state index contributed by atoms with van der Waals surface area (Å²) in [6, 6.07) is 3.56. The van der Waals surface area contributed by atoms with Gasteiger partial charge in [-0.3, -0.25) is 0 Å². The lowest BCUT2D eigenvalue weighted by molar-refractivity contribution is 0.244. The molecule has 1 aliphatic carbocycles. The van der Waals surface area contributed by atoms with E-state index in [0.29, 0.717) is 24.1 Å². The van der Waals surface area contributed by atoms with Gasteiger partial charge in [-0.1, -0.05) is 11.8 Å². The first kappa shape index (κ1) is 14.8. The number of alkyl halides is 2. The Bertz CT molecular complexity index is 394. The number of nitrogens with one attached hydrogen (secondary N) is 1. The normalized spacial score (nSPS) is 17.1. The molecule has 1 aromatic heterocycles. The Morgan fingerprint density at radius 2 is 2.11 bits per heavy atom. The van der Waals surface area contributed by atoms with Crippen LogP contribution in [0.4, 0.5) is 8.78 Å². The summed E-state index contributed by atoms with van der Waals surface area (Å²) in [7, 11) is 0. The molecule has 2 rings (SSSR count). The Labute approximate surface area is 115 Å². The number of aliphatic hydroxyl groups is 1. The summed E-state index contributed by atoms with van der Waals surface area (Å²) < 4.78 is 29.5. The Morgan fingerprint density at radius 3 is 2.74 bits per heavy atom. The molecular weight excluding hydrogens is 272 g/mol. The van der Waals surface area contributed by atoms with Crippen LogP contribution < -0.4 is 5.32 Å². The molecular formula is C13H19F2NO2S. The fourth-order valence-corrected chi connectivity index (χ4v) is 2.57. The van der Waals surface area contributed by atoms with E-state index in [1.807, 2.05) is 6.07 Å². The third-order valence-corrected chi connectivity index (χ3v) is 4.17. The lowest BCUT2D eigenvalue weighted by Crippen LogP contribution is -2.24. The summed E-state index contributed by atoms with van der Waals surface area (Å²) in [6.07, 6.45) is 3.17. The van der Waals surface area contributed by atoms with Crippen molar-refractivity contribution in [2.24, 2.45) is 5.41 Å². The first-order valence-electron chi connectivity index (χ1n) is 6.42. The van der Waals surface area contributed by atoms with Gasteiger partial charge in [-0.2, -0.15) is 8.78 Å². The third kappa shape index (κ3) is 4.78. The summed E-state index contributed by atoms with van der Waals surface area (Å²) in [6.45, 7) is 1.71. The smallest absolute Gasteiger partial charge is 0.284 e. The minimum absolute atomic E-state index is 0.201. The Balaban J connectivity index is 1.68. The third-order valence-electron chi connectivity index (χ3n) is 3.47. The van der Waals surface area contributed by atoms with Gasteiger partial charge in [0.15, 0.2) is 0 Å². The van der Waals surface area contributed by atoms with E-state index in [0.717, 1.165) is 31.6 Å². The molecule has 19 heavy (non-hydrogen) atoms. The molecule has 0 spiro atoms. The van der Waals surface area contributed by atoms with Gasteiger partial charge in [0.1, 0.15) is 11.5 Å². The highest BCUT2D eigenvalue weighted by molar-refractivity contribution is 7.98. The van der Waals surface area contributed by atoms with E-state index >= 15 is 0 Å². The number of furan rings is 1. The molecule has 0 bridgehead atoms. The van der Waals surface area contributed by atoms with Crippen molar-refractivity contribution in [3.8, 4) is 0 Å². The zero-order chi connectivity index (χ0) is 13.7. The van der Waals surface area contributed by atoms with Crippen LogP contribution >= 0.6 is 11.8 Å². The predicted octanol–water partition coefficient (Wildman–Crippen LogP) is 2.99. The summed E-state index contributed by atoms with van der Waals surface area (Å²) in [5.41, 5.74) is 0.274. The van der Waals surface area contributed by atoms with Gasteiger partial charge in [0.05, 0.1) is 12.3 Å². The number of hydrogen-bond acceptors (Lipinski definition) is 4. The molecule has 1 fully saturated rings. The van der Waals surface area contributed by atoms with Gasteiger partial charge in [-0.05, 0) is 36.8 Å². The SMILES string of the molecule is OCCC1(CNCc2ccc(CSC(F)F)o2)CC1. The number of rotatable bonds is 9. The number of hydrogen-bond donors (Lipinski definition) is 2. The molecule has 1 heterocycles. The second-order valence-electron chi connectivity index (χ2n) is 5.02. The van der Waals surface area contributed by atoms with E-state index in [1.165, 1.54) is 0 Å². The minimum Gasteiger partial charge on any atom is -0.464 e. The molecule has 2 N–H and O–H groups in total. The molecule has 0 amide bonds. The average molecular weight is 291 g/mol. The standard InChI is InChI=1S/C13H19F2NO2S/c14-12(15)19-8-11-2-1-10(18-11)7-16-9-13(3-4-13)5-6-17/h1-2,12,16-17H,3-9H2. The van der Waals surface area contributed by atoms with Crippen LogP contribution in [0.5, 0.6) is 0 Å². The van der Waals surface area contributed by atoms with Crippen molar-refractivity contribution >= 4 is 11.8 Å². The lowest BCUT2D eigenvalue weighted by atomic mass is 10.0. The van der Waals surface area contributed by atoms with Crippen molar-refractivity contribution in [3.63, 3.8) is 0 Å². The van der Waals surface area contributed by atoms with Crippen molar-refractivity contribution in [2.75, 3.05) is 13.2 Å². The molecule has 3 nitrogen and oxygen atoms in total. The molecule has 1 aliphatic rings. The highest BCUT2D eigenvalue weighted by atomic mass is 32.2. The lowest BCUT2D eigenvalue weighted by Gasteiger charge is -2.13. The average Bonchev–Trinajstić information content (AvgIpc) is 2.97. The molecule has 0 radical (unpaired) electrons. The molecule has 108 valence electrons. The monoisotopic (exact) mass is 291 g/mol. The largest absolute Gasteiger partial charge is 0.464 e. The van der Waals surface area contributed by atoms with E-state index in [2.05, 4.69) is 5.32 Å². The molecule has 0 atom stereocenters. The number of thioether (sulfide) groups is 1. The van der Waals surface area contributed by atoms with Crippen molar-refractivity contribution in [3.05, 3.63) is 23.7 Å². The first-order chi connectivity index (χ1) is 9.13. The molecule has 1 saturated carbocycles. The topological polar surface area (TPSA) is 45.4 Å². The Kier molecular flexibility index (Phi) is 5.24. The van der Waals surface area contributed by atoms with Gasteiger partial charge >= 0.3 is 0 Å². The summed E-state index contributed by atoms with van der Waals surface area (Å²) in [5, 5.41) is 12.3. The number of halogens is 2. The maximum atomic E-state index is 12.0. The molecule has 1 aromatic rings. The Hall–Kier alpha value is -0.590. The van der Waals surface area contributed by atoms with Crippen LogP contribution in [0.3, 0.4) is 0 Å². The second kappa shape index (κ2) is 6.72. The summed E-state index contributed by atoms with van der Waals surface area (Å²) >= 11 is 0.567. The summed E-state index contributed by atoms with van der Waals surface area (Å²) in [4.78, 5) is 0. The van der Waals surface area contributed by atoms with Crippen LogP contribution in [0.1, 0.15) is 30.8 Å². The maximum absolute atomic E-state index is 12.0. The highest BCUT2D eigenvalue weighted by Crippen LogP contribution is 2.47. The van der Waals surface area contributed by atoms with Gasteiger partial charge < -0.3 is 14.8 Å². The molecule has 0 saturated heterocycles. The van der Waals surface area contributed by atoms with Gasteiger partial charge in [0.2, 0.25) is 0 Å². The van der Waals surface area contributed by atoms with Crippen LogP contribution in [0.2, 0.25) is 0 Å².